The summed E-state index contributed by atoms with van der Waals surface area (Å²) >= 11 is 1.68. The van der Waals surface area contributed by atoms with Crippen molar-refractivity contribution in [2.24, 2.45) is 5.10 Å². The van der Waals surface area contributed by atoms with E-state index in [9.17, 15) is 4.79 Å². The quantitative estimate of drug-likeness (QED) is 0.134. The van der Waals surface area contributed by atoms with Gasteiger partial charge in [0.05, 0.1) is 49.4 Å². The molecular formula is C38H39N3O5S. The van der Waals surface area contributed by atoms with E-state index in [0.29, 0.717) is 37.6 Å². The van der Waals surface area contributed by atoms with E-state index in [1.165, 1.54) is 11.6 Å². The third-order valence-electron chi connectivity index (χ3n) is 8.51. The van der Waals surface area contributed by atoms with Crippen molar-refractivity contribution in [3.05, 3.63) is 101 Å². The number of ether oxygens (including phenoxy) is 4. The Morgan fingerprint density at radius 1 is 0.830 bits per heavy atom. The van der Waals surface area contributed by atoms with Gasteiger partial charge < -0.3 is 18.9 Å². The van der Waals surface area contributed by atoms with Gasteiger partial charge in [0.2, 0.25) is 5.91 Å². The highest BCUT2D eigenvalue weighted by atomic mass is 32.1. The van der Waals surface area contributed by atoms with Gasteiger partial charge in [0.25, 0.3) is 0 Å². The molecular weight excluding hydrogens is 611 g/mol. The van der Waals surface area contributed by atoms with E-state index in [4.69, 9.17) is 29.0 Å². The molecule has 9 heteroatoms. The van der Waals surface area contributed by atoms with Crippen molar-refractivity contribution in [1.82, 2.24) is 9.99 Å². The fourth-order valence-corrected chi connectivity index (χ4v) is 6.72. The van der Waals surface area contributed by atoms with Crippen LogP contribution >= 0.6 is 11.3 Å². The fourth-order valence-electron chi connectivity index (χ4n) is 5.76. The smallest absolute Gasteiger partial charge is 0.240 e. The Balaban J connectivity index is 1.11. The van der Waals surface area contributed by atoms with E-state index >= 15 is 0 Å². The molecule has 0 saturated carbocycles. The Kier molecular flexibility index (Phi) is 9.45. The third kappa shape index (κ3) is 6.81. The van der Waals surface area contributed by atoms with Crippen LogP contribution in [0, 0.1) is 20.8 Å². The highest BCUT2D eigenvalue weighted by Crippen LogP contribution is 2.39. The monoisotopic (exact) mass is 649 g/mol. The summed E-state index contributed by atoms with van der Waals surface area (Å²) in [6, 6.07) is 24.0. The number of carbonyl (C=O) groups is 1. The van der Waals surface area contributed by atoms with Crippen molar-refractivity contribution < 1.29 is 23.7 Å². The van der Waals surface area contributed by atoms with Gasteiger partial charge in [-0.25, -0.2) is 9.99 Å². The number of carbonyl (C=O) groups excluding carboxylic acids is 1. The van der Waals surface area contributed by atoms with Gasteiger partial charge in [0, 0.05) is 30.9 Å². The minimum atomic E-state index is -0.266. The second-order valence-corrected chi connectivity index (χ2v) is 12.7. The molecule has 1 atom stereocenters. The number of aromatic nitrogens is 1. The number of nitrogens with zero attached hydrogens (tertiary/aromatic N) is 3. The molecule has 0 saturated heterocycles. The molecule has 0 bridgehead atoms. The van der Waals surface area contributed by atoms with Crippen molar-refractivity contribution in [3.8, 4) is 33.6 Å². The Morgan fingerprint density at radius 3 is 2.32 bits per heavy atom. The normalized spacial score (nSPS) is 14.3. The number of thiazole rings is 1. The maximum absolute atomic E-state index is 12.7. The second-order valence-electron chi connectivity index (χ2n) is 11.7. The van der Waals surface area contributed by atoms with E-state index in [1.807, 2.05) is 56.3 Å². The minimum Gasteiger partial charge on any atom is -0.496 e. The van der Waals surface area contributed by atoms with Crippen LogP contribution in [-0.4, -0.2) is 49.0 Å². The number of hydrogen-bond donors (Lipinski definition) is 0. The molecule has 6 rings (SSSR count). The zero-order valence-corrected chi connectivity index (χ0v) is 28.4. The largest absolute Gasteiger partial charge is 0.496 e. The predicted molar refractivity (Wildman–Crippen MR) is 187 cm³/mol. The number of hydrogen-bond acceptors (Lipinski definition) is 8. The van der Waals surface area contributed by atoms with E-state index in [2.05, 4.69) is 37.3 Å². The minimum absolute atomic E-state index is 0.126. The molecule has 1 unspecified atom stereocenters. The molecule has 2 heterocycles. The summed E-state index contributed by atoms with van der Waals surface area (Å²) < 4.78 is 24.8. The van der Waals surface area contributed by atoms with Crippen LogP contribution in [-0.2, 0) is 4.79 Å². The summed E-state index contributed by atoms with van der Waals surface area (Å²) in [6.45, 7) is 8.60. The topological polar surface area (TPSA) is 82.5 Å². The van der Waals surface area contributed by atoms with Crippen LogP contribution < -0.4 is 18.9 Å². The average molecular weight is 650 g/mol. The molecule has 5 aromatic rings. The Bertz CT molecular complexity index is 1930. The summed E-state index contributed by atoms with van der Waals surface area (Å²) in [5.41, 5.74) is 8.02. The Hall–Kier alpha value is -4.89. The van der Waals surface area contributed by atoms with Crippen molar-refractivity contribution in [3.63, 3.8) is 0 Å². The molecule has 1 aliphatic heterocycles. The summed E-state index contributed by atoms with van der Waals surface area (Å²) in [5.74, 6) is 2.76. The highest BCUT2D eigenvalue weighted by Gasteiger charge is 2.32. The molecule has 1 amide bonds. The lowest BCUT2D eigenvalue weighted by molar-refractivity contribution is -0.130. The van der Waals surface area contributed by atoms with Crippen LogP contribution in [0.2, 0.25) is 0 Å². The molecule has 1 aliphatic rings. The number of hydrazone groups is 1. The Labute approximate surface area is 279 Å². The summed E-state index contributed by atoms with van der Waals surface area (Å²) in [4.78, 5) is 17.5. The maximum atomic E-state index is 12.7. The molecule has 8 nitrogen and oxygen atoms in total. The van der Waals surface area contributed by atoms with Crippen LogP contribution in [0.5, 0.6) is 23.0 Å². The van der Waals surface area contributed by atoms with Crippen molar-refractivity contribution in [2.75, 3.05) is 27.4 Å². The van der Waals surface area contributed by atoms with E-state index in [1.54, 1.807) is 30.6 Å². The zero-order valence-electron chi connectivity index (χ0n) is 27.6. The molecule has 4 aromatic carbocycles. The van der Waals surface area contributed by atoms with Crippen molar-refractivity contribution in [1.29, 1.82) is 0 Å². The van der Waals surface area contributed by atoms with Gasteiger partial charge in [-0.3, -0.25) is 4.79 Å². The van der Waals surface area contributed by atoms with Gasteiger partial charge >= 0.3 is 0 Å². The summed E-state index contributed by atoms with van der Waals surface area (Å²) in [7, 11) is 3.29. The average Bonchev–Trinajstić information content (AvgIpc) is 3.72. The molecule has 0 radical (unpaired) electrons. The maximum Gasteiger partial charge on any atom is 0.240 e. The van der Waals surface area contributed by atoms with Crippen LogP contribution in [0.3, 0.4) is 0 Å². The fraction of sp³-hybridized carbons (Fsp3) is 0.289. The molecule has 0 fully saturated rings. The van der Waals surface area contributed by atoms with Gasteiger partial charge in [-0.1, -0.05) is 30.3 Å². The first-order valence-corrected chi connectivity index (χ1v) is 16.5. The van der Waals surface area contributed by atoms with Crippen molar-refractivity contribution >= 4 is 33.2 Å². The standard InChI is InChI=1S/C38H39N3O5S/c1-23-12-13-28(38-39-30-10-7-8-11-37(30)47-38)20-34(23)45-16-9-17-46-36-19-27(14-15-33(36)43-5)32-22-31(40-41(32)26(4)42)29-18-24(2)25(3)35(21-29)44-6/h7-8,10-15,18-21,32H,9,16-17,22H2,1-6H3. The third-order valence-corrected chi connectivity index (χ3v) is 9.60. The first-order chi connectivity index (χ1) is 22.7. The zero-order chi connectivity index (χ0) is 33.1. The molecule has 1 aromatic heterocycles. The molecule has 47 heavy (non-hydrogen) atoms. The van der Waals surface area contributed by atoms with Crippen molar-refractivity contribution in [2.45, 2.75) is 46.6 Å². The molecule has 242 valence electrons. The van der Waals surface area contributed by atoms with E-state index in [0.717, 1.165) is 61.1 Å². The lowest BCUT2D eigenvalue weighted by atomic mass is 9.95. The molecule has 0 N–H and O–H groups in total. The number of aryl methyl sites for hydroxylation is 2. The van der Waals surface area contributed by atoms with Gasteiger partial charge in [0.15, 0.2) is 11.5 Å². The van der Waals surface area contributed by atoms with E-state index < -0.39 is 0 Å². The molecule has 0 aliphatic carbocycles. The summed E-state index contributed by atoms with van der Waals surface area (Å²) in [5, 5.41) is 7.28. The first kappa shape index (κ1) is 32.1. The van der Waals surface area contributed by atoms with Crippen LogP contribution in [0.15, 0.2) is 77.9 Å². The number of methoxy groups -OCH3 is 2. The second kappa shape index (κ2) is 13.8. The van der Waals surface area contributed by atoms with Crippen LogP contribution in [0.1, 0.15) is 53.6 Å². The van der Waals surface area contributed by atoms with Gasteiger partial charge in [-0.2, -0.15) is 5.10 Å². The predicted octanol–water partition coefficient (Wildman–Crippen LogP) is 8.45. The number of rotatable bonds is 11. The first-order valence-electron chi connectivity index (χ1n) is 15.7. The Morgan fingerprint density at radius 2 is 1.57 bits per heavy atom. The SMILES string of the molecule is COc1ccc(C2CC(c3cc(C)c(C)c(OC)c3)=NN2C(C)=O)cc1OCCCOc1cc(-c2nc3ccccc3s2)ccc1C. The summed E-state index contributed by atoms with van der Waals surface area (Å²) in [6.07, 6.45) is 1.24. The number of benzene rings is 4. The number of fused-ring (bicyclic) bond motifs is 1. The lowest BCUT2D eigenvalue weighted by Crippen LogP contribution is -2.24. The highest BCUT2D eigenvalue weighted by molar-refractivity contribution is 7.21. The molecule has 0 spiro atoms. The number of para-hydroxylation sites is 1. The lowest BCUT2D eigenvalue weighted by Gasteiger charge is -2.22. The van der Waals surface area contributed by atoms with Gasteiger partial charge in [-0.05, 0) is 85.5 Å². The van der Waals surface area contributed by atoms with Gasteiger partial charge in [-0.15, -0.1) is 11.3 Å². The van der Waals surface area contributed by atoms with Crippen LogP contribution in [0.25, 0.3) is 20.8 Å². The van der Waals surface area contributed by atoms with Gasteiger partial charge in [0.1, 0.15) is 16.5 Å². The van der Waals surface area contributed by atoms with E-state index in [-0.39, 0.29) is 11.9 Å². The number of amides is 1. The van der Waals surface area contributed by atoms with Crippen LogP contribution in [0.4, 0.5) is 0 Å².